The maximum Gasteiger partial charge on any atom is 0.356 e. The molecule has 0 bridgehead atoms. The van der Waals surface area contributed by atoms with Crippen LogP contribution in [-0.4, -0.2) is 29.1 Å². The molecule has 0 fully saturated rings. The Labute approximate surface area is 79.3 Å². The van der Waals surface area contributed by atoms with Gasteiger partial charge in [-0.25, -0.2) is 14.6 Å². The number of methoxy groups -OCH3 is 1. The summed E-state index contributed by atoms with van der Waals surface area (Å²) < 4.78 is 4.38. The second kappa shape index (κ2) is 3.73. The number of nitrogen functional groups attached to an aromatic ring is 1. The number of carboxylic acids is 1. The van der Waals surface area contributed by atoms with Gasteiger partial charge in [-0.05, 0) is 12.1 Å². The van der Waals surface area contributed by atoms with Gasteiger partial charge in [-0.3, -0.25) is 0 Å². The van der Waals surface area contributed by atoms with Gasteiger partial charge in [0, 0.05) is 5.69 Å². The first-order valence-electron chi connectivity index (χ1n) is 3.63. The summed E-state index contributed by atoms with van der Waals surface area (Å²) in [7, 11) is 1.17. The lowest BCUT2D eigenvalue weighted by molar-refractivity contribution is 0.0593. The van der Waals surface area contributed by atoms with E-state index in [1.165, 1.54) is 13.2 Å². The van der Waals surface area contributed by atoms with E-state index in [1.54, 1.807) is 0 Å². The van der Waals surface area contributed by atoms with Crippen molar-refractivity contribution in [3.63, 3.8) is 0 Å². The first kappa shape index (κ1) is 9.97. The SMILES string of the molecule is COC(=O)c1cc(N)cc(C(=O)O)n1. The summed E-state index contributed by atoms with van der Waals surface area (Å²) in [6.45, 7) is 0. The van der Waals surface area contributed by atoms with Gasteiger partial charge in [-0.1, -0.05) is 0 Å². The third kappa shape index (κ3) is 1.98. The number of rotatable bonds is 2. The van der Waals surface area contributed by atoms with Crippen molar-refractivity contribution in [2.45, 2.75) is 0 Å². The molecule has 0 atom stereocenters. The summed E-state index contributed by atoms with van der Waals surface area (Å²) in [5, 5.41) is 8.62. The van der Waals surface area contributed by atoms with Gasteiger partial charge in [0.1, 0.15) is 0 Å². The Kier molecular flexibility index (Phi) is 2.66. The lowest BCUT2D eigenvalue weighted by Crippen LogP contribution is -2.10. The summed E-state index contributed by atoms with van der Waals surface area (Å²) in [6.07, 6.45) is 0. The molecule has 1 heterocycles. The zero-order valence-electron chi connectivity index (χ0n) is 7.35. The van der Waals surface area contributed by atoms with Gasteiger partial charge in [0.2, 0.25) is 0 Å². The summed E-state index contributed by atoms with van der Waals surface area (Å²) >= 11 is 0. The number of pyridine rings is 1. The molecule has 3 N–H and O–H groups in total. The van der Waals surface area contributed by atoms with Crippen LogP contribution in [0.2, 0.25) is 0 Å². The number of nitrogens with zero attached hydrogens (tertiary/aromatic N) is 1. The molecule has 0 saturated carbocycles. The van der Waals surface area contributed by atoms with Crippen molar-refractivity contribution in [1.82, 2.24) is 4.98 Å². The summed E-state index contributed by atoms with van der Waals surface area (Å²) in [5.74, 6) is -1.97. The number of carbonyl (C=O) groups is 2. The smallest absolute Gasteiger partial charge is 0.356 e. The van der Waals surface area contributed by atoms with Gasteiger partial charge >= 0.3 is 11.9 Å². The molecule has 74 valence electrons. The van der Waals surface area contributed by atoms with Crippen LogP contribution in [0.4, 0.5) is 5.69 Å². The number of hydrogen-bond donors (Lipinski definition) is 2. The van der Waals surface area contributed by atoms with Crippen molar-refractivity contribution in [2.75, 3.05) is 12.8 Å². The van der Waals surface area contributed by atoms with E-state index >= 15 is 0 Å². The number of nitrogens with two attached hydrogens (primary N) is 1. The topological polar surface area (TPSA) is 103 Å². The second-order valence-electron chi connectivity index (χ2n) is 2.47. The molecule has 0 aliphatic heterocycles. The fourth-order valence-corrected chi connectivity index (χ4v) is 0.870. The van der Waals surface area contributed by atoms with E-state index in [9.17, 15) is 9.59 Å². The molecule has 0 spiro atoms. The van der Waals surface area contributed by atoms with Crippen LogP contribution in [0.3, 0.4) is 0 Å². The molecule has 0 aliphatic carbocycles. The van der Waals surface area contributed by atoms with Gasteiger partial charge in [0.05, 0.1) is 7.11 Å². The highest BCUT2D eigenvalue weighted by molar-refractivity contribution is 5.92. The Morgan fingerprint density at radius 2 is 2.00 bits per heavy atom. The number of hydrogen-bond acceptors (Lipinski definition) is 5. The maximum absolute atomic E-state index is 11.0. The van der Waals surface area contributed by atoms with Crippen LogP contribution in [0.15, 0.2) is 12.1 Å². The lowest BCUT2D eigenvalue weighted by atomic mass is 10.2. The third-order valence-corrected chi connectivity index (χ3v) is 1.46. The number of carboxylic acid groups (broad SMARTS) is 1. The molecule has 0 aliphatic rings. The number of ether oxygens (including phenoxy) is 1. The molecule has 0 unspecified atom stereocenters. The molecular formula is C8H8N2O4. The van der Waals surface area contributed by atoms with E-state index < -0.39 is 11.9 Å². The van der Waals surface area contributed by atoms with Crippen molar-refractivity contribution in [3.8, 4) is 0 Å². The normalized spacial score (nSPS) is 9.50. The van der Waals surface area contributed by atoms with E-state index in [0.29, 0.717) is 0 Å². The Morgan fingerprint density at radius 1 is 1.43 bits per heavy atom. The van der Waals surface area contributed by atoms with Crippen LogP contribution >= 0.6 is 0 Å². The fourth-order valence-electron chi connectivity index (χ4n) is 0.870. The van der Waals surface area contributed by atoms with E-state index in [2.05, 4.69) is 9.72 Å². The molecule has 0 amide bonds. The van der Waals surface area contributed by atoms with E-state index in [1.807, 2.05) is 0 Å². The Bertz CT molecular complexity index is 389. The highest BCUT2D eigenvalue weighted by atomic mass is 16.5. The first-order chi connectivity index (χ1) is 6.54. The van der Waals surface area contributed by atoms with Gasteiger partial charge in [-0.15, -0.1) is 0 Å². The van der Waals surface area contributed by atoms with Crippen molar-refractivity contribution in [2.24, 2.45) is 0 Å². The van der Waals surface area contributed by atoms with Gasteiger partial charge in [0.15, 0.2) is 11.4 Å². The third-order valence-electron chi connectivity index (χ3n) is 1.46. The average molecular weight is 196 g/mol. The predicted octanol–water partition coefficient (Wildman–Crippen LogP) is 0.149. The standard InChI is InChI=1S/C8H8N2O4/c1-14-8(13)6-3-4(9)2-5(10-6)7(11)12/h2-3H,1H3,(H2,9,10)(H,11,12). The number of aromatic nitrogens is 1. The molecule has 1 aromatic rings. The average Bonchev–Trinajstić information content (AvgIpc) is 2.15. The van der Waals surface area contributed by atoms with Crippen LogP contribution in [0, 0.1) is 0 Å². The van der Waals surface area contributed by atoms with Crippen molar-refractivity contribution >= 4 is 17.6 Å². The molecule has 6 heteroatoms. The zero-order chi connectivity index (χ0) is 10.7. The first-order valence-corrected chi connectivity index (χ1v) is 3.63. The second-order valence-corrected chi connectivity index (χ2v) is 2.47. The Hall–Kier alpha value is -2.11. The number of aromatic carboxylic acids is 1. The van der Waals surface area contributed by atoms with Crippen LogP contribution in [-0.2, 0) is 4.74 Å². The summed E-state index contributed by atoms with van der Waals surface area (Å²) in [6, 6.07) is 2.41. The van der Waals surface area contributed by atoms with Crippen LogP contribution in [0.25, 0.3) is 0 Å². The van der Waals surface area contributed by atoms with Crippen molar-refractivity contribution < 1.29 is 19.4 Å². The molecule has 1 rings (SSSR count). The highest BCUT2D eigenvalue weighted by Crippen LogP contribution is 2.08. The molecule has 0 aromatic carbocycles. The number of carbonyl (C=O) groups excluding carboxylic acids is 1. The Morgan fingerprint density at radius 3 is 2.50 bits per heavy atom. The van der Waals surface area contributed by atoms with E-state index in [4.69, 9.17) is 10.8 Å². The predicted molar refractivity (Wildman–Crippen MR) is 46.9 cm³/mol. The molecule has 0 radical (unpaired) electrons. The summed E-state index contributed by atoms with van der Waals surface area (Å²) in [4.78, 5) is 25.1. The fraction of sp³-hybridized carbons (Fsp3) is 0.125. The monoisotopic (exact) mass is 196 g/mol. The maximum atomic E-state index is 11.0. The molecule has 0 saturated heterocycles. The largest absolute Gasteiger partial charge is 0.477 e. The van der Waals surface area contributed by atoms with Crippen LogP contribution in [0.5, 0.6) is 0 Å². The molecular weight excluding hydrogens is 188 g/mol. The van der Waals surface area contributed by atoms with Crippen LogP contribution in [0.1, 0.15) is 21.0 Å². The minimum absolute atomic E-state index is 0.120. The van der Waals surface area contributed by atoms with Crippen molar-refractivity contribution in [3.05, 3.63) is 23.5 Å². The summed E-state index contributed by atoms with van der Waals surface area (Å²) in [5.41, 5.74) is 5.12. The number of anilines is 1. The lowest BCUT2D eigenvalue weighted by Gasteiger charge is -2.01. The van der Waals surface area contributed by atoms with E-state index in [0.717, 1.165) is 6.07 Å². The van der Waals surface area contributed by atoms with Gasteiger partial charge < -0.3 is 15.6 Å². The Balaban J connectivity index is 3.20. The molecule has 14 heavy (non-hydrogen) atoms. The number of esters is 1. The van der Waals surface area contributed by atoms with E-state index in [-0.39, 0.29) is 17.1 Å². The zero-order valence-corrected chi connectivity index (χ0v) is 7.35. The highest BCUT2D eigenvalue weighted by Gasteiger charge is 2.13. The minimum Gasteiger partial charge on any atom is -0.477 e. The van der Waals surface area contributed by atoms with Gasteiger partial charge in [0.25, 0.3) is 0 Å². The van der Waals surface area contributed by atoms with Crippen molar-refractivity contribution in [1.29, 1.82) is 0 Å². The molecule has 1 aromatic heterocycles. The quantitative estimate of drug-likeness (QED) is 0.652. The van der Waals surface area contributed by atoms with Crippen LogP contribution < -0.4 is 5.73 Å². The molecule has 6 nitrogen and oxygen atoms in total. The van der Waals surface area contributed by atoms with Gasteiger partial charge in [-0.2, -0.15) is 0 Å². The minimum atomic E-state index is -1.25.